The molecule has 0 saturated heterocycles. The minimum atomic E-state index is -1.37. The number of rotatable bonds is 15. The van der Waals surface area contributed by atoms with E-state index in [1.54, 1.807) is 0 Å². The Morgan fingerprint density at radius 3 is 1.27 bits per heavy atom. The van der Waals surface area contributed by atoms with Crippen molar-refractivity contribution in [3.05, 3.63) is 0 Å². The number of unbranched alkanes of at least 4 members (excludes halogenated alkanes) is 11. The van der Waals surface area contributed by atoms with Crippen LogP contribution in [0.25, 0.3) is 0 Å². The van der Waals surface area contributed by atoms with E-state index in [2.05, 4.69) is 39.7 Å². The van der Waals surface area contributed by atoms with Gasteiger partial charge in [0.25, 0.3) is 0 Å². The number of hydrogen-bond acceptors (Lipinski definition) is 1. The van der Waals surface area contributed by atoms with Gasteiger partial charge in [-0.1, -0.05) is 97.2 Å². The van der Waals surface area contributed by atoms with E-state index in [0.29, 0.717) is 0 Å². The Balaban J connectivity index is 3.28. The third kappa shape index (κ3) is 11.9. The van der Waals surface area contributed by atoms with E-state index in [4.69, 9.17) is 4.43 Å². The molecule has 134 valence electrons. The highest BCUT2D eigenvalue weighted by Gasteiger charge is 2.38. The zero-order valence-electron chi connectivity index (χ0n) is 16.6. The molecule has 0 aromatic carbocycles. The standard InChI is InChI=1S/C19H44OSi2/c1-7-8-9-10-11-12-13-14-15-16-17-18-19-20-22(5,6)21(2,3)4/h7-19H2,1-6H3. The number of hydrogen-bond donors (Lipinski definition) is 0. The molecule has 0 aliphatic rings. The molecule has 0 unspecified atom stereocenters. The topological polar surface area (TPSA) is 9.23 Å². The van der Waals surface area contributed by atoms with Crippen LogP contribution < -0.4 is 0 Å². The second kappa shape index (κ2) is 12.8. The molecule has 0 fully saturated rings. The maximum absolute atomic E-state index is 6.29. The van der Waals surface area contributed by atoms with Crippen molar-refractivity contribution in [2.75, 3.05) is 6.61 Å². The Morgan fingerprint density at radius 2 is 0.909 bits per heavy atom. The lowest BCUT2D eigenvalue weighted by molar-refractivity contribution is 0.304. The summed E-state index contributed by atoms with van der Waals surface area (Å²) in [5.41, 5.74) is 0. The second-order valence-corrected chi connectivity index (χ2v) is 24.4. The summed E-state index contributed by atoms with van der Waals surface area (Å²) >= 11 is 0. The summed E-state index contributed by atoms with van der Waals surface area (Å²) in [7, 11) is -2.44. The van der Waals surface area contributed by atoms with Gasteiger partial charge in [0.1, 0.15) is 0 Å². The van der Waals surface area contributed by atoms with Gasteiger partial charge in [-0.3, -0.25) is 0 Å². The first-order valence-electron chi connectivity index (χ1n) is 9.95. The molecule has 0 saturated carbocycles. The van der Waals surface area contributed by atoms with Crippen LogP contribution in [-0.4, -0.2) is 22.0 Å². The van der Waals surface area contributed by atoms with Crippen LogP contribution in [0.4, 0.5) is 0 Å². The smallest absolute Gasteiger partial charge is 0.173 e. The van der Waals surface area contributed by atoms with Crippen molar-refractivity contribution in [1.82, 2.24) is 0 Å². The van der Waals surface area contributed by atoms with Crippen molar-refractivity contribution in [2.24, 2.45) is 0 Å². The monoisotopic (exact) mass is 344 g/mol. The van der Waals surface area contributed by atoms with Crippen LogP contribution in [0.3, 0.4) is 0 Å². The fourth-order valence-electron chi connectivity index (χ4n) is 2.49. The maximum atomic E-state index is 6.29. The highest BCUT2D eigenvalue weighted by molar-refractivity contribution is 7.37. The highest BCUT2D eigenvalue weighted by Crippen LogP contribution is 2.20. The molecule has 22 heavy (non-hydrogen) atoms. The van der Waals surface area contributed by atoms with Crippen molar-refractivity contribution in [1.29, 1.82) is 0 Å². The van der Waals surface area contributed by atoms with Gasteiger partial charge in [-0.25, -0.2) is 0 Å². The molecular formula is C19H44OSi2. The molecule has 0 N–H and O–H groups in total. The van der Waals surface area contributed by atoms with Gasteiger partial charge in [0.2, 0.25) is 0 Å². The Kier molecular flexibility index (Phi) is 13.0. The Bertz CT molecular complexity index is 246. The average Bonchev–Trinajstić information content (AvgIpc) is 2.42. The lowest BCUT2D eigenvalue weighted by Crippen LogP contribution is -2.54. The average molecular weight is 345 g/mol. The van der Waals surface area contributed by atoms with Gasteiger partial charge < -0.3 is 4.43 Å². The van der Waals surface area contributed by atoms with Gasteiger partial charge in [0.05, 0.1) is 7.59 Å². The van der Waals surface area contributed by atoms with Crippen molar-refractivity contribution >= 4 is 15.4 Å². The van der Waals surface area contributed by atoms with E-state index in [1.807, 2.05) is 0 Å². The lowest BCUT2D eigenvalue weighted by Gasteiger charge is -2.34. The lowest BCUT2D eigenvalue weighted by atomic mass is 10.1. The second-order valence-electron chi connectivity index (χ2n) is 8.50. The summed E-state index contributed by atoms with van der Waals surface area (Å²) in [4.78, 5) is 0. The molecule has 0 amide bonds. The fraction of sp³-hybridized carbons (Fsp3) is 1.00. The quantitative estimate of drug-likeness (QED) is 0.223. The molecule has 0 aliphatic carbocycles. The first kappa shape index (κ1) is 22.4. The zero-order chi connectivity index (χ0) is 16.9. The van der Waals surface area contributed by atoms with E-state index in [1.165, 1.54) is 77.0 Å². The SMILES string of the molecule is CCCCCCCCCCCCCCO[Si](C)(C)[Si](C)(C)C. The van der Waals surface area contributed by atoms with E-state index < -0.39 is 15.4 Å². The summed E-state index contributed by atoms with van der Waals surface area (Å²) < 4.78 is 6.29. The van der Waals surface area contributed by atoms with Crippen LogP contribution in [0.5, 0.6) is 0 Å². The molecule has 0 aromatic rings. The van der Waals surface area contributed by atoms with Gasteiger partial charge >= 0.3 is 0 Å². The molecule has 0 rings (SSSR count). The van der Waals surface area contributed by atoms with Gasteiger partial charge in [-0.05, 0) is 19.5 Å². The summed E-state index contributed by atoms with van der Waals surface area (Å²) in [5.74, 6) is 0. The minimum absolute atomic E-state index is 1.01. The normalized spacial score (nSPS) is 12.8. The largest absolute Gasteiger partial charge is 0.420 e. The zero-order valence-corrected chi connectivity index (χ0v) is 18.6. The summed E-state index contributed by atoms with van der Waals surface area (Å²) in [6.45, 7) is 15.5. The molecule has 0 radical (unpaired) electrons. The summed E-state index contributed by atoms with van der Waals surface area (Å²) in [6.07, 6.45) is 17.0. The van der Waals surface area contributed by atoms with Crippen molar-refractivity contribution in [3.63, 3.8) is 0 Å². The highest BCUT2D eigenvalue weighted by atomic mass is 29.3. The van der Waals surface area contributed by atoms with Crippen molar-refractivity contribution in [2.45, 2.75) is 117 Å². The van der Waals surface area contributed by atoms with Gasteiger partial charge in [0.15, 0.2) is 7.83 Å². The predicted molar refractivity (Wildman–Crippen MR) is 108 cm³/mol. The molecule has 0 aromatic heterocycles. The summed E-state index contributed by atoms with van der Waals surface area (Å²) in [5, 5.41) is 0. The maximum Gasteiger partial charge on any atom is 0.173 e. The Labute approximate surface area is 143 Å². The first-order valence-corrected chi connectivity index (χ1v) is 17.4. The molecule has 0 atom stereocenters. The van der Waals surface area contributed by atoms with Crippen LogP contribution in [0, 0.1) is 0 Å². The molecular weight excluding hydrogens is 300 g/mol. The van der Waals surface area contributed by atoms with Crippen LogP contribution in [0.15, 0.2) is 0 Å². The van der Waals surface area contributed by atoms with Gasteiger partial charge in [0, 0.05) is 6.61 Å². The van der Waals surface area contributed by atoms with E-state index in [9.17, 15) is 0 Å². The molecule has 0 aliphatic heterocycles. The molecule has 0 bridgehead atoms. The van der Waals surface area contributed by atoms with E-state index in [-0.39, 0.29) is 0 Å². The van der Waals surface area contributed by atoms with Crippen LogP contribution in [0.2, 0.25) is 32.7 Å². The van der Waals surface area contributed by atoms with Crippen LogP contribution >= 0.6 is 0 Å². The Morgan fingerprint density at radius 1 is 0.545 bits per heavy atom. The van der Waals surface area contributed by atoms with Crippen molar-refractivity contribution < 1.29 is 4.43 Å². The predicted octanol–water partition coefficient (Wildman–Crippen LogP) is 7.33. The Hall–Kier alpha value is 0.394. The minimum Gasteiger partial charge on any atom is -0.420 e. The summed E-state index contributed by atoms with van der Waals surface area (Å²) in [6, 6.07) is 0. The molecule has 0 heterocycles. The molecule has 0 spiro atoms. The third-order valence-corrected chi connectivity index (χ3v) is 21.1. The fourth-order valence-corrected chi connectivity index (χ4v) is 5.18. The molecule has 3 heteroatoms. The van der Waals surface area contributed by atoms with E-state index in [0.717, 1.165) is 6.61 Å². The third-order valence-electron chi connectivity index (χ3n) is 5.27. The van der Waals surface area contributed by atoms with Gasteiger partial charge in [-0.2, -0.15) is 0 Å². The van der Waals surface area contributed by atoms with E-state index >= 15 is 0 Å². The van der Waals surface area contributed by atoms with Gasteiger partial charge in [-0.15, -0.1) is 0 Å². The molecule has 1 nitrogen and oxygen atoms in total. The van der Waals surface area contributed by atoms with Crippen LogP contribution in [-0.2, 0) is 4.43 Å². The van der Waals surface area contributed by atoms with Crippen molar-refractivity contribution in [3.8, 4) is 0 Å². The first-order chi connectivity index (χ1) is 10.3. The van der Waals surface area contributed by atoms with Crippen LogP contribution in [0.1, 0.15) is 84.0 Å².